The van der Waals surface area contributed by atoms with Gasteiger partial charge >= 0.3 is 0 Å². The van der Waals surface area contributed by atoms with E-state index in [-0.39, 0.29) is 6.10 Å². The minimum atomic E-state index is 0.128. The molecule has 0 amide bonds. The lowest BCUT2D eigenvalue weighted by Gasteiger charge is -2.32. The van der Waals surface area contributed by atoms with Gasteiger partial charge in [-0.3, -0.25) is 0 Å². The number of benzene rings is 1. The normalized spacial score (nSPS) is 16.8. The summed E-state index contributed by atoms with van der Waals surface area (Å²) < 4.78 is 12.3. The highest BCUT2D eigenvalue weighted by atomic mass is 79.9. The van der Waals surface area contributed by atoms with Crippen LogP contribution in [0.2, 0.25) is 0 Å². The first-order valence-electron chi connectivity index (χ1n) is 8.43. The molecular formula is C18H29BrN2O2. The van der Waals surface area contributed by atoms with E-state index in [2.05, 4.69) is 44.9 Å². The van der Waals surface area contributed by atoms with Crippen molar-refractivity contribution >= 4 is 15.9 Å². The summed E-state index contributed by atoms with van der Waals surface area (Å²) in [6, 6.07) is 4.26. The smallest absolute Gasteiger partial charge is 0.175 e. The Bertz CT molecular complexity index is 500. The minimum absolute atomic E-state index is 0.128. The number of hydrogen-bond donors (Lipinski definition) is 0. The Morgan fingerprint density at radius 2 is 1.87 bits per heavy atom. The van der Waals surface area contributed by atoms with Gasteiger partial charge in [0.25, 0.3) is 0 Å². The summed E-state index contributed by atoms with van der Waals surface area (Å²) in [6.07, 6.45) is 2.36. The molecule has 1 aliphatic heterocycles. The summed E-state index contributed by atoms with van der Waals surface area (Å²) in [7, 11) is 3.89. The molecule has 1 aromatic carbocycles. The molecule has 1 aromatic rings. The maximum absolute atomic E-state index is 5.85. The molecule has 1 saturated heterocycles. The largest absolute Gasteiger partial charge is 0.493 e. The van der Waals surface area contributed by atoms with Crippen molar-refractivity contribution in [2.45, 2.75) is 32.8 Å². The molecule has 0 bridgehead atoms. The van der Waals surface area contributed by atoms with E-state index in [0.717, 1.165) is 28.9 Å². The van der Waals surface area contributed by atoms with E-state index >= 15 is 0 Å². The zero-order valence-corrected chi connectivity index (χ0v) is 16.4. The SMILES string of the molecule is COc1cc(CCCN2CCN(C)CC2)cc(Br)c1OC(C)C. The lowest BCUT2D eigenvalue weighted by atomic mass is 10.1. The molecule has 0 atom stereocenters. The second-order valence-corrected chi connectivity index (χ2v) is 7.38. The summed E-state index contributed by atoms with van der Waals surface area (Å²) in [5.41, 5.74) is 1.29. The molecule has 2 rings (SSSR count). The summed E-state index contributed by atoms with van der Waals surface area (Å²) >= 11 is 3.62. The van der Waals surface area contributed by atoms with Gasteiger partial charge in [-0.15, -0.1) is 0 Å². The molecule has 0 aliphatic carbocycles. The third-order valence-corrected chi connectivity index (χ3v) is 4.77. The van der Waals surface area contributed by atoms with Crippen LogP contribution in [0.25, 0.3) is 0 Å². The van der Waals surface area contributed by atoms with Gasteiger partial charge in [0, 0.05) is 26.2 Å². The number of methoxy groups -OCH3 is 1. The van der Waals surface area contributed by atoms with Crippen molar-refractivity contribution in [3.05, 3.63) is 22.2 Å². The average Bonchev–Trinajstić information content (AvgIpc) is 2.51. The number of nitrogens with zero attached hydrogens (tertiary/aromatic N) is 2. The topological polar surface area (TPSA) is 24.9 Å². The predicted octanol–water partition coefficient (Wildman–Crippen LogP) is 3.42. The van der Waals surface area contributed by atoms with Crippen LogP contribution >= 0.6 is 15.9 Å². The Kier molecular flexibility index (Phi) is 7.18. The van der Waals surface area contributed by atoms with Crippen LogP contribution in [-0.2, 0) is 6.42 Å². The fraction of sp³-hybridized carbons (Fsp3) is 0.667. The van der Waals surface area contributed by atoms with Gasteiger partial charge in [-0.1, -0.05) is 0 Å². The fourth-order valence-electron chi connectivity index (χ4n) is 2.85. The second-order valence-electron chi connectivity index (χ2n) is 6.52. The first kappa shape index (κ1) is 18.6. The van der Waals surface area contributed by atoms with Crippen LogP contribution < -0.4 is 9.47 Å². The van der Waals surface area contributed by atoms with Crippen LogP contribution in [0.5, 0.6) is 11.5 Å². The van der Waals surface area contributed by atoms with E-state index in [4.69, 9.17) is 9.47 Å². The third-order valence-electron chi connectivity index (χ3n) is 4.18. The standard InChI is InChI=1S/C18H29BrN2O2/c1-14(2)23-18-16(19)12-15(13-17(18)22-4)6-5-7-21-10-8-20(3)9-11-21/h12-14H,5-11H2,1-4H3. The van der Waals surface area contributed by atoms with Crippen LogP contribution in [0.15, 0.2) is 16.6 Å². The molecule has 0 unspecified atom stereocenters. The molecule has 1 fully saturated rings. The summed E-state index contributed by atoms with van der Waals surface area (Å²) in [5.74, 6) is 1.60. The maximum Gasteiger partial charge on any atom is 0.175 e. The van der Waals surface area contributed by atoms with Crippen molar-refractivity contribution in [3.8, 4) is 11.5 Å². The average molecular weight is 385 g/mol. The number of halogens is 1. The van der Waals surface area contributed by atoms with Crippen LogP contribution in [0.1, 0.15) is 25.8 Å². The van der Waals surface area contributed by atoms with Gasteiger partial charge in [-0.2, -0.15) is 0 Å². The molecule has 23 heavy (non-hydrogen) atoms. The summed E-state index contributed by atoms with van der Waals surface area (Å²) in [5, 5.41) is 0. The predicted molar refractivity (Wildman–Crippen MR) is 98.7 cm³/mol. The van der Waals surface area contributed by atoms with Gasteiger partial charge in [0.15, 0.2) is 11.5 Å². The molecule has 4 nitrogen and oxygen atoms in total. The van der Waals surface area contributed by atoms with Gasteiger partial charge in [0.1, 0.15) is 0 Å². The molecule has 0 N–H and O–H groups in total. The number of rotatable bonds is 7. The van der Waals surface area contributed by atoms with Crippen molar-refractivity contribution in [1.82, 2.24) is 9.80 Å². The van der Waals surface area contributed by atoms with Crippen molar-refractivity contribution in [1.29, 1.82) is 0 Å². The molecule has 0 aromatic heterocycles. The molecule has 5 heteroatoms. The van der Waals surface area contributed by atoms with Crippen molar-refractivity contribution < 1.29 is 9.47 Å². The molecular weight excluding hydrogens is 356 g/mol. The number of likely N-dealkylation sites (N-methyl/N-ethyl adjacent to an activating group) is 1. The van der Waals surface area contributed by atoms with E-state index in [1.165, 1.54) is 38.2 Å². The Morgan fingerprint density at radius 1 is 1.17 bits per heavy atom. The van der Waals surface area contributed by atoms with Gasteiger partial charge in [-0.25, -0.2) is 0 Å². The number of ether oxygens (including phenoxy) is 2. The van der Waals surface area contributed by atoms with Crippen molar-refractivity contribution in [2.75, 3.05) is 46.9 Å². The fourth-order valence-corrected chi connectivity index (χ4v) is 3.43. The highest BCUT2D eigenvalue weighted by Gasteiger charge is 2.15. The first-order chi connectivity index (χ1) is 11.0. The van der Waals surface area contributed by atoms with Gasteiger partial charge < -0.3 is 19.3 Å². The first-order valence-corrected chi connectivity index (χ1v) is 9.23. The lowest BCUT2D eigenvalue weighted by Crippen LogP contribution is -2.44. The Labute approximate surface area is 148 Å². The Balaban J connectivity index is 1.91. The maximum atomic E-state index is 5.85. The van der Waals surface area contributed by atoms with Gasteiger partial charge in [0.2, 0.25) is 0 Å². The molecule has 1 heterocycles. The number of piperazine rings is 1. The van der Waals surface area contributed by atoms with Crippen LogP contribution in [-0.4, -0.2) is 62.8 Å². The third kappa shape index (κ3) is 5.66. The van der Waals surface area contributed by atoms with Crippen molar-refractivity contribution in [2.24, 2.45) is 0 Å². The summed E-state index contributed by atoms with van der Waals surface area (Å²) in [6.45, 7) is 9.94. The minimum Gasteiger partial charge on any atom is -0.493 e. The monoisotopic (exact) mass is 384 g/mol. The Morgan fingerprint density at radius 3 is 2.48 bits per heavy atom. The van der Waals surface area contributed by atoms with Crippen molar-refractivity contribution in [3.63, 3.8) is 0 Å². The zero-order valence-electron chi connectivity index (χ0n) is 14.8. The molecule has 0 spiro atoms. The highest BCUT2D eigenvalue weighted by molar-refractivity contribution is 9.10. The quantitative estimate of drug-likeness (QED) is 0.718. The molecule has 0 radical (unpaired) electrons. The second kappa shape index (κ2) is 8.90. The van der Waals surface area contributed by atoms with E-state index in [1.54, 1.807) is 7.11 Å². The van der Waals surface area contributed by atoms with E-state index in [1.807, 2.05) is 13.8 Å². The van der Waals surface area contributed by atoms with E-state index < -0.39 is 0 Å². The van der Waals surface area contributed by atoms with E-state index in [0.29, 0.717) is 0 Å². The van der Waals surface area contributed by atoms with Crippen LogP contribution in [0.4, 0.5) is 0 Å². The van der Waals surface area contributed by atoms with Gasteiger partial charge in [-0.05, 0) is 73.9 Å². The molecule has 130 valence electrons. The molecule has 1 aliphatic rings. The number of hydrogen-bond acceptors (Lipinski definition) is 4. The van der Waals surface area contributed by atoms with Gasteiger partial charge in [0.05, 0.1) is 17.7 Å². The van der Waals surface area contributed by atoms with Crippen LogP contribution in [0.3, 0.4) is 0 Å². The van der Waals surface area contributed by atoms with Crippen LogP contribution in [0, 0.1) is 0 Å². The number of aryl methyl sites for hydroxylation is 1. The summed E-state index contributed by atoms with van der Waals surface area (Å²) in [4.78, 5) is 4.95. The Hall–Kier alpha value is -0.780. The molecule has 0 saturated carbocycles. The lowest BCUT2D eigenvalue weighted by molar-refractivity contribution is 0.153. The zero-order chi connectivity index (χ0) is 16.8. The highest BCUT2D eigenvalue weighted by Crippen LogP contribution is 2.37. The van der Waals surface area contributed by atoms with E-state index in [9.17, 15) is 0 Å².